The van der Waals surface area contributed by atoms with E-state index in [2.05, 4.69) is 15.4 Å². The lowest BCUT2D eigenvalue weighted by atomic mass is 10.2. The SMILES string of the molecule is C[C@H](OCC(F)(F)F)C(=O)NCCNC(=O)c1ccccc1. The van der Waals surface area contributed by atoms with E-state index in [1.165, 1.54) is 6.92 Å². The minimum atomic E-state index is -4.47. The van der Waals surface area contributed by atoms with Crippen LogP contribution < -0.4 is 10.6 Å². The number of carbonyl (C=O) groups is 2. The van der Waals surface area contributed by atoms with Crippen LogP contribution in [0.1, 0.15) is 17.3 Å². The van der Waals surface area contributed by atoms with E-state index in [1.807, 2.05) is 0 Å². The highest BCUT2D eigenvalue weighted by molar-refractivity contribution is 5.94. The fourth-order valence-corrected chi connectivity index (χ4v) is 1.49. The molecule has 2 amide bonds. The Kier molecular flexibility index (Phi) is 6.84. The third-order valence-corrected chi connectivity index (χ3v) is 2.61. The van der Waals surface area contributed by atoms with Crippen molar-refractivity contribution in [2.45, 2.75) is 19.2 Å². The summed E-state index contributed by atoms with van der Waals surface area (Å²) in [7, 11) is 0. The Morgan fingerprint density at radius 1 is 1.14 bits per heavy atom. The number of hydrogen-bond donors (Lipinski definition) is 2. The second kappa shape index (κ2) is 8.38. The van der Waals surface area contributed by atoms with Gasteiger partial charge in [0.25, 0.3) is 5.91 Å². The molecule has 8 heteroatoms. The highest BCUT2D eigenvalue weighted by atomic mass is 19.4. The van der Waals surface area contributed by atoms with Gasteiger partial charge < -0.3 is 15.4 Å². The molecule has 0 bridgehead atoms. The molecule has 1 rings (SSSR count). The van der Waals surface area contributed by atoms with Gasteiger partial charge in [0.15, 0.2) is 0 Å². The average Bonchev–Trinajstić information content (AvgIpc) is 2.48. The van der Waals surface area contributed by atoms with Crippen LogP contribution >= 0.6 is 0 Å². The summed E-state index contributed by atoms with van der Waals surface area (Å²) in [6.45, 7) is -0.00145. The molecule has 0 heterocycles. The number of amides is 2. The quantitative estimate of drug-likeness (QED) is 0.749. The Bertz CT molecular complexity index is 492. The largest absolute Gasteiger partial charge is 0.411 e. The predicted molar refractivity (Wildman–Crippen MR) is 73.3 cm³/mol. The molecule has 0 aliphatic heterocycles. The van der Waals surface area contributed by atoms with Gasteiger partial charge in [0.2, 0.25) is 5.91 Å². The van der Waals surface area contributed by atoms with Crippen molar-refractivity contribution >= 4 is 11.8 Å². The first-order valence-corrected chi connectivity index (χ1v) is 6.59. The maximum atomic E-state index is 11.9. The van der Waals surface area contributed by atoms with Crippen molar-refractivity contribution in [2.24, 2.45) is 0 Å². The monoisotopic (exact) mass is 318 g/mol. The summed E-state index contributed by atoms with van der Waals surface area (Å²) in [5.74, 6) is -0.963. The third-order valence-electron chi connectivity index (χ3n) is 2.61. The Labute approximate surface area is 125 Å². The van der Waals surface area contributed by atoms with E-state index in [0.717, 1.165) is 0 Å². The molecule has 1 aromatic rings. The smallest absolute Gasteiger partial charge is 0.359 e. The van der Waals surface area contributed by atoms with Crippen LogP contribution in [0.2, 0.25) is 0 Å². The molecule has 122 valence electrons. The van der Waals surface area contributed by atoms with Gasteiger partial charge >= 0.3 is 6.18 Å². The van der Waals surface area contributed by atoms with Crippen molar-refractivity contribution in [1.29, 1.82) is 0 Å². The summed E-state index contributed by atoms with van der Waals surface area (Å²) in [5, 5.41) is 4.95. The van der Waals surface area contributed by atoms with Crippen molar-refractivity contribution < 1.29 is 27.5 Å². The van der Waals surface area contributed by atoms with Gasteiger partial charge in [-0.3, -0.25) is 9.59 Å². The second-order valence-electron chi connectivity index (χ2n) is 4.48. The number of ether oxygens (including phenoxy) is 1. The Morgan fingerprint density at radius 3 is 2.32 bits per heavy atom. The highest BCUT2D eigenvalue weighted by Crippen LogP contribution is 2.15. The molecule has 0 saturated heterocycles. The molecule has 0 fully saturated rings. The lowest BCUT2D eigenvalue weighted by Crippen LogP contribution is -2.40. The van der Waals surface area contributed by atoms with Crippen LogP contribution in [-0.4, -0.2) is 43.8 Å². The van der Waals surface area contributed by atoms with E-state index in [1.54, 1.807) is 30.3 Å². The molecule has 0 radical (unpaired) electrons. The molecule has 5 nitrogen and oxygen atoms in total. The van der Waals surface area contributed by atoms with E-state index < -0.39 is 24.8 Å². The molecule has 0 spiro atoms. The fourth-order valence-electron chi connectivity index (χ4n) is 1.49. The van der Waals surface area contributed by atoms with Gasteiger partial charge in [-0.1, -0.05) is 18.2 Å². The minimum Gasteiger partial charge on any atom is -0.359 e. The molecule has 0 aromatic heterocycles. The molecular weight excluding hydrogens is 301 g/mol. The Morgan fingerprint density at radius 2 is 1.73 bits per heavy atom. The number of hydrogen-bond acceptors (Lipinski definition) is 3. The van der Waals surface area contributed by atoms with Crippen molar-refractivity contribution in [3.05, 3.63) is 35.9 Å². The van der Waals surface area contributed by atoms with Gasteiger partial charge in [-0.05, 0) is 19.1 Å². The van der Waals surface area contributed by atoms with E-state index in [0.29, 0.717) is 5.56 Å². The first kappa shape index (κ1) is 18.0. The standard InChI is InChI=1S/C14H17F3N2O3/c1-10(22-9-14(15,16)17)12(20)18-7-8-19-13(21)11-5-3-2-4-6-11/h2-6,10H,7-9H2,1H3,(H,18,20)(H,19,21)/t10-/m0/s1. The molecular formula is C14H17F3N2O3. The second-order valence-corrected chi connectivity index (χ2v) is 4.48. The number of halogens is 3. The summed E-state index contributed by atoms with van der Waals surface area (Å²) >= 11 is 0. The first-order chi connectivity index (χ1) is 10.3. The van der Waals surface area contributed by atoms with Gasteiger partial charge in [-0.15, -0.1) is 0 Å². The maximum Gasteiger partial charge on any atom is 0.411 e. The zero-order valence-corrected chi connectivity index (χ0v) is 11.9. The summed E-state index contributed by atoms with van der Waals surface area (Å²) in [5.41, 5.74) is 0.482. The Hall–Kier alpha value is -2.09. The fraction of sp³-hybridized carbons (Fsp3) is 0.429. The van der Waals surface area contributed by atoms with Gasteiger partial charge in [0.05, 0.1) is 0 Å². The van der Waals surface area contributed by atoms with Crippen LogP contribution in [0.5, 0.6) is 0 Å². The van der Waals surface area contributed by atoms with Crippen LogP contribution in [0, 0.1) is 0 Å². The molecule has 2 N–H and O–H groups in total. The summed E-state index contributed by atoms with van der Waals surface area (Å²) in [6, 6.07) is 8.49. The van der Waals surface area contributed by atoms with Crippen molar-refractivity contribution in [2.75, 3.05) is 19.7 Å². The average molecular weight is 318 g/mol. The highest BCUT2D eigenvalue weighted by Gasteiger charge is 2.29. The zero-order chi connectivity index (χ0) is 16.6. The van der Waals surface area contributed by atoms with Gasteiger partial charge in [0.1, 0.15) is 12.7 Å². The molecule has 0 saturated carbocycles. The molecule has 22 heavy (non-hydrogen) atoms. The third kappa shape index (κ3) is 7.07. The van der Waals surface area contributed by atoms with Crippen LogP contribution in [-0.2, 0) is 9.53 Å². The van der Waals surface area contributed by atoms with Crippen LogP contribution in [0.3, 0.4) is 0 Å². The molecule has 0 aliphatic rings. The number of benzene rings is 1. The summed E-state index contributed by atoms with van der Waals surface area (Å²) < 4.78 is 40.2. The van der Waals surface area contributed by atoms with E-state index in [-0.39, 0.29) is 19.0 Å². The summed E-state index contributed by atoms with van der Waals surface area (Å²) in [6.07, 6.45) is -5.69. The number of carbonyl (C=O) groups excluding carboxylic acids is 2. The normalized spacial score (nSPS) is 12.5. The van der Waals surface area contributed by atoms with Crippen LogP contribution in [0.15, 0.2) is 30.3 Å². The predicted octanol–water partition coefficient (Wildman–Crippen LogP) is 1.50. The molecule has 1 atom stereocenters. The lowest BCUT2D eigenvalue weighted by molar-refractivity contribution is -0.185. The van der Waals surface area contributed by atoms with Crippen LogP contribution in [0.4, 0.5) is 13.2 Å². The van der Waals surface area contributed by atoms with E-state index in [4.69, 9.17) is 0 Å². The first-order valence-electron chi connectivity index (χ1n) is 6.59. The topological polar surface area (TPSA) is 67.4 Å². The summed E-state index contributed by atoms with van der Waals surface area (Å²) in [4.78, 5) is 23.1. The van der Waals surface area contributed by atoms with Crippen molar-refractivity contribution in [3.63, 3.8) is 0 Å². The number of nitrogens with one attached hydrogen (secondary N) is 2. The minimum absolute atomic E-state index is 0.0944. The molecule has 0 aliphatic carbocycles. The van der Waals surface area contributed by atoms with Gasteiger partial charge in [-0.2, -0.15) is 13.2 Å². The van der Waals surface area contributed by atoms with Crippen molar-refractivity contribution in [3.8, 4) is 0 Å². The molecule has 0 unspecified atom stereocenters. The number of rotatable bonds is 7. The molecule has 1 aromatic carbocycles. The van der Waals surface area contributed by atoms with E-state index >= 15 is 0 Å². The maximum absolute atomic E-state index is 11.9. The van der Waals surface area contributed by atoms with Gasteiger partial charge in [0, 0.05) is 18.7 Å². The number of alkyl halides is 3. The van der Waals surface area contributed by atoms with Gasteiger partial charge in [-0.25, -0.2) is 0 Å². The van der Waals surface area contributed by atoms with Crippen LogP contribution in [0.25, 0.3) is 0 Å². The lowest BCUT2D eigenvalue weighted by Gasteiger charge is -2.14. The zero-order valence-electron chi connectivity index (χ0n) is 11.9. The van der Waals surface area contributed by atoms with Crippen molar-refractivity contribution in [1.82, 2.24) is 10.6 Å². The van der Waals surface area contributed by atoms with E-state index in [9.17, 15) is 22.8 Å². The Balaban J connectivity index is 2.21.